The first-order chi connectivity index (χ1) is 9.51. The van der Waals surface area contributed by atoms with E-state index in [-0.39, 0.29) is 5.91 Å². The van der Waals surface area contributed by atoms with Crippen LogP contribution < -0.4 is 10.5 Å². The van der Waals surface area contributed by atoms with Crippen LogP contribution in [0.25, 0.3) is 0 Å². The molecule has 0 radical (unpaired) electrons. The average molecular weight is 291 g/mol. The highest BCUT2D eigenvalue weighted by molar-refractivity contribution is 7.11. The number of nitrogen functional groups attached to an aromatic ring is 1. The van der Waals surface area contributed by atoms with Crippen molar-refractivity contribution in [3.05, 3.63) is 39.8 Å². The standard InChI is InChI=1S/C14H17N3O2S/c1-9-16-7-11(20-9)8-17(2)14(18)12-6-10(15)4-5-13(12)19-3/h4-7H,8,15H2,1-3H3. The first-order valence-corrected chi connectivity index (χ1v) is 6.93. The predicted octanol–water partition coefficient (Wildman–Crippen LogP) is 2.31. The zero-order valence-electron chi connectivity index (χ0n) is 11.7. The molecule has 1 aromatic carbocycles. The number of methoxy groups -OCH3 is 1. The molecule has 0 bridgehead atoms. The molecule has 1 aromatic heterocycles. The molecular weight excluding hydrogens is 274 g/mol. The quantitative estimate of drug-likeness (QED) is 0.878. The maximum atomic E-state index is 12.5. The molecule has 0 spiro atoms. The van der Waals surface area contributed by atoms with Gasteiger partial charge in [-0.15, -0.1) is 11.3 Å². The molecule has 2 rings (SSSR count). The summed E-state index contributed by atoms with van der Waals surface area (Å²) in [6.07, 6.45) is 1.79. The molecule has 0 unspecified atom stereocenters. The molecule has 0 saturated carbocycles. The second kappa shape index (κ2) is 5.92. The van der Waals surface area contributed by atoms with Gasteiger partial charge in [-0.1, -0.05) is 0 Å². The number of benzene rings is 1. The van der Waals surface area contributed by atoms with Crippen LogP contribution in [-0.2, 0) is 6.54 Å². The second-order valence-corrected chi connectivity index (χ2v) is 5.79. The van der Waals surface area contributed by atoms with Gasteiger partial charge in [0.15, 0.2) is 0 Å². The van der Waals surface area contributed by atoms with Crippen LogP contribution in [0.5, 0.6) is 5.75 Å². The Kier molecular flexibility index (Phi) is 4.24. The first-order valence-electron chi connectivity index (χ1n) is 6.11. The summed E-state index contributed by atoms with van der Waals surface area (Å²) in [4.78, 5) is 19.3. The molecule has 0 aliphatic rings. The summed E-state index contributed by atoms with van der Waals surface area (Å²) in [7, 11) is 3.29. The Bertz CT molecular complexity index is 625. The van der Waals surface area contributed by atoms with Gasteiger partial charge in [-0.3, -0.25) is 4.79 Å². The normalized spacial score (nSPS) is 10.3. The molecule has 5 nitrogen and oxygen atoms in total. The number of amides is 1. The minimum Gasteiger partial charge on any atom is -0.496 e. The zero-order chi connectivity index (χ0) is 14.7. The van der Waals surface area contributed by atoms with Crippen LogP contribution in [0, 0.1) is 6.92 Å². The summed E-state index contributed by atoms with van der Waals surface area (Å²) < 4.78 is 5.21. The fourth-order valence-corrected chi connectivity index (χ4v) is 2.73. The van der Waals surface area contributed by atoms with Crippen LogP contribution >= 0.6 is 11.3 Å². The smallest absolute Gasteiger partial charge is 0.257 e. The van der Waals surface area contributed by atoms with Crippen molar-refractivity contribution in [1.29, 1.82) is 0 Å². The number of carbonyl (C=O) groups excluding carboxylic acids is 1. The van der Waals surface area contributed by atoms with Crippen LogP contribution in [0.3, 0.4) is 0 Å². The lowest BCUT2D eigenvalue weighted by Crippen LogP contribution is -2.26. The molecule has 0 atom stereocenters. The lowest BCUT2D eigenvalue weighted by Gasteiger charge is -2.18. The van der Waals surface area contributed by atoms with Crippen molar-refractivity contribution >= 4 is 22.9 Å². The van der Waals surface area contributed by atoms with Crippen molar-refractivity contribution in [3.8, 4) is 5.75 Å². The van der Waals surface area contributed by atoms with Crippen molar-refractivity contribution in [1.82, 2.24) is 9.88 Å². The van der Waals surface area contributed by atoms with E-state index < -0.39 is 0 Å². The van der Waals surface area contributed by atoms with Gasteiger partial charge >= 0.3 is 0 Å². The number of anilines is 1. The van der Waals surface area contributed by atoms with Gasteiger partial charge in [0, 0.05) is 23.8 Å². The number of thiazole rings is 1. The van der Waals surface area contributed by atoms with Crippen LogP contribution in [0.1, 0.15) is 20.2 Å². The molecule has 1 amide bonds. The highest BCUT2D eigenvalue weighted by Gasteiger charge is 2.17. The summed E-state index contributed by atoms with van der Waals surface area (Å²) in [5.41, 5.74) is 6.75. The highest BCUT2D eigenvalue weighted by atomic mass is 32.1. The van der Waals surface area contributed by atoms with E-state index in [0.717, 1.165) is 9.88 Å². The molecule has 106 valence electrons. The number of aromatic nitrogens is 1. The average Bonchev–Trinajstić information content (AvgIpc) is 2.83. The lowest BCUT2D eigenvalue weighted by molar-refractivity contribution is 0.0783. The van der Waals surface area contributed by atoms with E-state index in [1.54, 1.807) is 47.7 Å². The van der Waals surface area contributed by atoms with Crippen molar-refractivity contribution in [2.24, 2.45) is 0 Å². The van der Waals surface area contributed by atoms with Gasteiger partial charge in [-0.2, -0.15) is 0 Å². The van der Waals surface area contributed by atoms with Crippen LogP contribution in [0.4, 0.5) is 5.69 Å². The minimum atomic E-state index is -0.125. The van der Waals surface area contributed by atoms with Crippen molar-refractivity contribution in [3.63, 3.8) is 0 Å². The van der Waals surface area contributed by atoms with E-state index in [2.05, 4.69) is 4.98 Å². The Morgan fingerprint density at radius 3 is 2.85 bits per heavy atom. The molecular formula is C14H17N3O2S. The minimum absolute atomic E-state index is 0.125. The Morgan fingerprint density at radius 1 is 1.50 bits per heavy atom. The first kappa shape index (κ1) is 14.3. The fraction of sp³-hybridized carbons (Fsp3) is 0.286. The Labute approximate surface area is 122 Å². The van der Waals surface area contributed by atoms with Gasteiger partial charge in [0.2, 0.25) is 0 Å². The zero-order valence-corrected chi connectivity index (χ0v) is 12.5. The van der Waals surface area contributed by atoms with Crippen molar-refractivity contribution in [2.75, 3.05) is 19.9 Å². The third-order valence-electron chi connectivity index (χ3n) is 2.86. The van der Waals surface area contributed by atoms with Crippen LogP contribution in [0.15, 0.2) is 24.4 Å². The van der Waals surface area contributed by atoms with Crippen LogP contribution in [0.2, 0.25) is 0 Å². The molecule has 20 heavy (non-hydrogen) atoms. The Morgan fingerprint density at radius 2 is 2.25 bits per heavy atom. The molecule has 0 fully saturated rings. The van der Waals surface area contributed by atoms with E-state index in [4.69, 9.17) is 10.5 Å². The van der Waals surface area contributed by atoms with Gasteiger partial charge in [-0.05, 0) is 25.1 Å². The van der Waals surface area contributed by atoms with Crippen molar-refractivity contribution in [2.45, 2.75) is 13.5 Å². The molecule has 2 aromatic rings. The summed E-state index contributed by atoms with van der Waals surface area (Å²) in [6, 6.07) is 5.05. The molecule has 1 heterocycles. The van der Waals surface area contributed by atoms with E-state index in [0.29, 0.717) is 23.5 Å². The number of hydrogen-bond acceptors (Lipinski definition) is 5. The molecule has 6 heteroatoms. The number of ether oxygens (including phenoxy) is 1. The number of hydrogen-bond donors (Lipinski definition) is 1. The number of nitrogens with zero attached hydrogens (tertiary/aromatic N) is 2. The maximum absolute atomic E-state index is 12.5. The van der Waals surface area contributed by atoms with Gasteiger partial charge < -0.3 is 15.4 Å². The fourth-order valence-electron chi connectivity index (χ4n) is 1.88. The lowest BCUT2D eigenvalue weighted by atomic mass is 10.1. The largest absolute Gasteiger partial charge is 0.496 e. The highest BCUT2D eigenvalue weighted by Crippen LogP contribution is 2.23. The number of carbonyl (C=O) groups is 1. The molecule has 0 aliphatic heterocycles. The topological polar surface area (TPSA) is 68.5 Å². The maximum Gasteiger partial charge on any atom is 0.257 e. The van der Waals surface area contributed by atoms with E-state index in [9.17, 15) is 4.79 Å². The molecule has 2 N–H and O–H groups in total. The van der Waals surface area contributed by atoms with Gasteiger partial charge in [0.05, 0.1) is 24.2 Å². The third-order valence-corrected chi connectivity index (χ3v) is 3.76. The van der Waals surface area contributed by atoms with E-state index in [1.165, 1.54) is 7.11 Å². The van der Waals surface area contributed by atoms with Crippen molar-refractivity contribution < 1.29 is 9.53 Å². The summed E-state index contributed by atoms with van der Waals surface area (Å²) in [5.74, 6) is 0.400. The van der Waals surface area contributed by atoms with Crippen LogP contribution in [-0.4, -0.2) is 29.9 Å². The monoisotopic (exact) mass is 291 g/mol. The SMILES string of the molecule is COc1ccc(N)cc1C(=O)N(C)Cc1cnc(C)s1. The number of nitrogens with two attached hydrogens (primary N) is 1. The number of rotatable bonds is 4. The van der Waals surface area contributed by atoms with Gasteiger partial charge in [0.25, 0.3) is 5.91 Å². The van der Waals surface area contributed by atoms with E-state index in [1.807, 2.05) is 6.92 Å². The molecule has 0 aliphatic carbocycles. The summed E-state index contributed by atoms with van der Waals surface area (Å²) in [5, 5.41) is 0.988. The van der Waals surface area contributed by atoms with Gasteiger partial charge in [0.1, 0.15) is 5.75 Å². The summed E-state index contributed by atoms with van der Waals surface area (Å²) >= 11 is 1.58. The molecule has 0 saturated heterocycles. The van der Waals surface area contributed by atoms with Gasteiger partial charge in [-0.25, -0.2) is 4.98 Å². The number of aryl methyl sites for hydroxylation is 1. The third kappa shape index (κ3) is 3.08. The second-order valence-electron chi connectivity index (χ2n) is 4.47. The van der Waals surface area contributed by atoms with E-state index >= 15 is 0 Å². The summed E-state index contributed by atoms with van der Waals surface area (Å²) in [6.45, 7) is 2.46. The predicted molar refractivity (Wildman–Crippen MR) is 80.1 cm³/mol. The Balaban J connectivity index is 2.20. The Hall–Kier alpha value is -2.08.